The van der Waals surface area contributed by atoms with Crippen molar-refractivity contribution in [2.75, 3.05) is 0 Å². The zero-order valence-electron chi connectivity index (χ0n) is 12.9. The second kappa shape index (κ2) is 7.23. The van der Waals surface area contributed by atoms with Gasteiger partial charge in [-0.1, -0.05) is 11.6 Å². The highest BCUT2D eigenvalue weighted by molar-refractivity contribution is 5.82. The standard InChI is InChI=1S/C17H26O4/c1-11-5-3-4-6-12(2)21-17(20)8-7-16(19)15-10-13(18)9-14(11)15/h5,7-8,12-16,18-19H,3-4,6,9-10H2,1-2H3/b8-7+,11-5+/t12-,13-,14-,15+,16+/m0/s1. The van der Waals surface area contributed by atoms with Gasteiger partial charge in [-0.25, -0.2) is 4.79 Å². The minimum Gasteiger partial charge on any atom is -0.460 e. The fraction of sp³-hybridized carbons (Fsp3) is 0.706. The molecule has 2 aliphatic rings. The maximum atomic E-state index is 11.7. The molecule has 1 saturated carbocycles. The van der Waals surface area contributed by atoms with Crippen LogP contribution in [0.3, 0.4) is 0 Å². The van der Waals surface area contributed by atoms with Crippen molar-refractivity contribution in [1.82, 2.24) is 0 Å². The first kappa shape index (κ1) is 16.2. The van der Waals surface area contributed by atoms with Gasteiger partial charge in [0.2, 0.25) is 0 Å². The first-order valence-corrected chi connectivity index (χ1v) is 7.89. The highest BCUT2D eigenvalue weighted by Crippen LogP contribution is 2.39. The zero-order valence-corrected chi connectivity index (χ0v) is 12.9. The van der Waals surface area contributed by atoms with E-state index in [1.54, 1.807) is 0 Å². The van der Waals surface area contributed by atoms with Crippen molar-refractivity contribution in [2.45, 2.75) is 64.3 Å². The average Bonchev–Trinajstić information content (AvgIpc) is 2.82. The summed E-state index contributed by atoms with van der Waals surface area (Å²) in [6.45, 7) is 3.97. The van der Waals surface area contributed by atoms with E-state index in [9.17, 15) is 15.0 Å². The lowest BCUT2D eigenvalue weighted by Crippen LogP contribution is -2.23. The summed E-state index contributed by atoms with van der Waals surface area (Å²) in [5.74, 6) is -0.243. The Morgan fingerprint density at radius 3 is 2.81 bits per heavy atom. The number of rotatable bonds is 0. The van der Waals surface area contributed by atoms with Crippen LogP contribution in [0, 0.1) is 11.8 Å². The van der Waals surface area contributed by atoms with E-state index in [1.165, 1.54) is 17.7 Å². The van der Waals surface area contributed by atoms with Crippen LogP contribution in [0.2, 0.25) is 0 Å². The quantitative estimate of drug-likeness (QED) is 0.531. The Morgan fingerprint density at radius 1 is 1.29 bits per heavy atom. The smallest absolute Gasteiger partial charge is 0.330 e. The van der Waals surface area contributed by atoms with Crippen molar-refractivity contribution < 1.29 is 19.7 Å². The Balaban J connectivity index is 2.19. The van der Waals surface area contributed by atoms with Crippen LogP contribution in [0.5, 0.6) is 0 Å². The summed E-state index contributed by atoms with van der Waals surface area (Å²) in [4.78, 5) is 11.7. The predicted octanol–water partition coefficient (Wildman–Crippen LogP) is 2.35. The van der Waals surface area contributed by atoms with Crippen LogP contribution in [0.1, 0.15) is 46.0 Å². The van der Waals surface area contributed by atoms with Gasteiger partial charge in [-0.2, -0.15) is 0 Å². The monoisotopic (exact) mass is 294 g/mol. The number of esters is 1. The highest BCUT2D eigenvalue weighted by Gasteiger charge is 2.37. The number of hydrogen-bond acceptors (Lipinski definition) is 4. The van der Waals surface area contributed by atoms with E-state index in [2.05, 4.69) is 13.0 Å². The number of carbonyl (C=O) groups is 1. The molecule has 4 nitrogen and oxygen atoms in total. The van der Waals surface area contributed by atoms with Crippen LogP contribution < -0.4 is 0 Å². The molecular weight excluding hydrogens is 268 g/mol. The molecule has 0 spiro atoms. The topological polar surface area (TPSA) is 66.8 Å². The van der Waals surface area contributed by atoms with Crippen molar-refractivity contribution in [2.24, 2.45) is 11.8 Å². The van der Waals surface area contributed by atoms with Crippen LogP contribution in [0.4, 0.5) is 0 Å². The Labute approximate surface area is 126 Å². The minimum absolute atomic E-state index is 0.0292. The summed E-state index contributed by atoms with van der Waals surface area (Å²) < 4.78 is 5.26. The fourth-order valence-electron chi connectivity index (χ4n) is 3.45. The molecule has 1 heterocycles. The molecule has 0 unspecified atom stereocenters. The maximum Gasteiger partial charge on any atom is 0.330 e. The van der Waals surface area contributed by atoms with E-state index in [-0.39, 0.29) is 24.0 Å². The third-order valence-corrected chi connectivity index (χ3v) is 4.64. The number of aliphatic hydroxyl groups excluding tert-OH is 2. The van der Waals surface area contributed by atoms with Gasteiger partial charge in [0, 0.05) is 6.08 Å². The molecule has 4 heteroatoms. The molecule has 0 aromatic rings. The Hall–Kier alpha value is -1.13. The minimum atomic E-state index is -0.723. The van der Waals surface area contributed by atoms with Crippen molar-refractivity contribution in [1.29, 1.82) is 0 Å². The third-order valence-electron chi connectivity index (χ3n) is 4.64. The molecule has 0 aromatic heterocycles. The van der Waals surface area contributed by atoms with Gasteiger partial charge < -0.3 is 14.9 Å². The van der Waals surface area contributed by atoms with Gasteiger partial charge in [0.25, 0.3) is 0 Å². The molecule has 0 aromatic carbocycles. The van der Waals surface area contributed by atoms with E-state index < -0.39 is 12.1 Å². The first-order valence-electron chi connectivity index (χ1n) is 7.89. The van der Waals surface area contributed by atoms with Crippen LogP contribution in [0.15, 0.2) is 23.8 Å². The lowest BCUT2D eigenvalue weighted by atomic mass is 9.85. The lowest BCUT2D eigenvalue weighted by Gasteiger charge is -2.23. The number of cyclic esters (lactones) is 1. The van der Waals surface area contributed by atoms with E-state index in [4.69, 9.17) is 4.74 Å². The third kappa shape index (κ3) is 4.42. The molecular formula is C17H26O4. The van der Waals surface area contributed by atoms with Crippen LogP contribution in [-0.2, 0) is 9.53 Å². The predicted molar refractivity (Wildman–Crippen MR) is 80.5 cm³/mol. The summed E-state index contributed by atoms with van der Waals surface area (Å²) in [7, 11) is 0. The van der Waals surface area contributed by atoms with Crippen molar-refractivity contribution in [3.63, 3.8) is 0 Å². The molecule has 0 radical (unpaired) electrons. The second-order valence-electron chi connectivity index (χ2n) is 6.37. The van der Waals surface area contributed by atoms with Gasteiger partial charge in [0.05, 0.1) is 18.3 Å². The molecule has 1 aliphatic heterocycles. The Bertz CT molecular complexity index is 427. The average molecular weight is 294 g/mol. The summed E-state index contributed by atoms with van der Waals surface area (Å²) in [6, 6.07) is 0. The van der Waals surface area contributed by atoms with Crippen LogP contribution in [-0.4, -0.2) is 34.5 Å². The van der Waals surface area contributed by atoms with Gasteiger partial charge in [-0.3, -0.25) is 0 Å². The maximum absolute atomic E-state index is 11.7. The molecule has 0 saturated heterocycles. The molecule has 1 aliphatic carbocycles. The van der Waals surface area contributed by atoms with Gasteiger partial charge >= 0.3 is 5.97 Å². The molecule has 118 valence electrons. The van der Waals surface area contributed by atoms with Gasteiger partial charge in [-0.05, 0) is 63.9 Å². The Kier molecular flexibility index (Phi) is 5.59. The molecule has 5 atom stereocenters. The van der Waals surface area contributed by atoms with Crippen molar-refractivity contribution >= 4 is 5.97 Å². The number of fused-ring (bicyclic) bond motifs is 1. The van der Waals surface area contributed by atoms with E-state index in [1.807, 2.05) is 6.92 Å². The molecule has 0 amide bonds. The van der Waals surface area contributed by atoms with Gasteiger partial charge in [0.1, 0.15) is 0 Å². The lowest BCUT2D eigenvalue weighted by molar-refractivity contribution is -0.142. The number of ether oxygens (including phenoxy) is 1. The molecule has 1 fully saturated rings. The molecule has 2 rings (SSSR count). The molecule has 0 bridgehead atoms. The van der Waals surface area contributed by atoms with Crippen molar-refractivity contribution in [3.05, 3.63) is 23.8 Å². The normalized spacial score (nSPS) is 42.6. The number of hydrogen-bond donors (Lipinski definition) is 2. The summed E-state index contributed by atoms with van der Waals surface area (Å²) in [6.07, 6.45) is 7.86. The van der Waals surface area contributed by atoms with E-state index in [0.717, 1.165) is 19.3 Å². The van der Waals surface area contributed by atoms with E-state index >= 15 is 0 Å². The van der Waals surface area contributed by atoms with Crippen LogP contribution >= 0.6 is 0 Å². The highest BCUT2D eigenvalue weighted by atomic mass is 16.5. The summed E-state index contributed by atoms with van der Waals surface area (Å²) in [5.41, 5.74) is 1.24. The second-order valence-corrected chi connectivity index (χ2v) is 6.37. The van der Waals surface area contributed by atoms with Gasteiger partial charge in [0.15, 0.2) is 0 Å². The fourth-order valence-corrected chi connectivity index (χ4v) is 3.45. The SMILES string of the molecule is C/C1=C\CCC[C@H](C)OC(=O)/C=C/[C@@H](O)[C@@H]2C[C@@H](O)C[C@@H]12. The largest absolute Gasteiger partial charge is 0.460 e. The summed E-state index contributed by atoms with van der Waals surface area (Å²) >= 11 is 0. The van der Waals surface area contributed by atoms with Crippen molar-refractivity contribution in [3.8, 4) is 0 Å². The Morgan fingerprint density at radius 2 is 2.05 bits per heavy atom. The zero-order chi connectivity index (χ0) is 15.4. The number of carbonyl (C=O) groups excluding carboxylic acids is 1. The number of allylic oxidation sites excluding steroid dienone is 2. The summed E-state index contributed by atoms with van der Waals surface area (Å²) in [5, 5.41) is 20.2. The first-order chi connectivity index (χ1) is 9.97. The number of aliphatic hydroxyl groups is 2. The molecule has 21 heavy (non-hydrogen) atoms. The van der Waals surface area contributed by atoms with Crippen LogP contribution in [0.25, 0.3) is 0 Å². The van der Waals surface area contributed by atoms with E-state index in [0.29, 0.717) is 12.8 Å². The van der Waals surface area contributed by atoms with Gasteiger partial charge in [-0.15, -0.1) is 0 Å². The molecule has 2 N–H and O–H groups in total.